The molecule has 0 fully saturated rings. The minimum atomic E-state index is -1.38. The SMILES string of the molecule is CCOC(=O)C1CCCCC(C(=O)N(C)CC[C@@]2(C)OC(=O)Nc3ccc(Cl)c(F)c32)c2cc(ccn2)-c2cc(F)ccc2N1. The molecule has 0 saturated carbocycles. The molecular formula is C33H35ClF2N4O5. The second-order valence-electron chi connectivity index (χ2n) is 11.5. The molecule has 0 saturated heterocycles. The molecule has 5 rings (SSSR count). The van der Waals surface area contributed by atoms with Crippen LogP contribution in [0.2, 0.25) is 5.02 Å². The quantitative estimate of drug-likeness (QED) is 0.279. The van der Waals surface area contributed by atoms with E-state index in [1.807, 2.05) is 0 Å². The van der Waals surface area contributed by atoms with Crippen molar-refractivity contribution in [2.45, 2.75) is 63.5 Å². The fraction of sp³-hybridized carbons (Fsp3) is 0.394. The van der Waals surface area contributed by atoms with E-state index in [9.17, 15) is 18.8 Å². The fourth-order valence-corrected chi connectivity index (χ4v) is 6.12. The molecule has 9 nitrogen and oxygen atoms in total. The lowest BCUT2D eigenvalue weighted by molar-refractivity contribution is -0.144. The van der Waals surface area contributed by atoms with Crippen LogP contribution in [0.5, 0.6) is 0 Å². The lowest BCUT2D eigenvalue weighted by Crippen LogP contribution is -2.42. The molecule has 2 amide bonds. The molecule has 3 atom stereocenters. The summed E-state index contributed by atoms with van der Waals surface area (Å²) in [6.45, 7) is 3.69. The van der Waals surface area contributed by atoms with E-state index in [1.165, 1.54) is 29.2 Å². The van der Waals surface area contributed by atoms with Gasteiger partial charge in [0.05, 0.1) is 34.5 Å². The van der Waals surface area contributed by atoms with Gasteiger partial charge in [-0.05, 0) is 74.7 Å². The van der Waals surface area contributed by atoms with Crippen molar-refractivity contribution in [3.05, 3.63) is 76.6 Å². The maximum Gasteiger partial charge on any atom is 0.412 e. The molecule has 45 heavy (non-hydrogen) atoms. The Morgan fingerprint density at radius 2 is 1.89 bits per heavy atom. The first-order valence-corrected chi connectivity index (χ1v) is 15.3. The van der Waals surface area contributed by atoms with Crippen LogP contribution in [-0.2, 0) is 24.7 Å². The van der Waals surface area contributed by atoms with Crippen molar-refractivity contribution in [3.8, 4) is 11.1 Å². The van der Waals surface area contributed by atoms with Crippen LogP contribution in [0.15, 0.2) is 48.7 Å². The number of rotatable bonds is 6. The number of anilines is 2. The van der Waals surface area contributed by atoms with E-state index < -0.39 is 41.3 Å². The minimum Gasteiger partial charge on any atom is -0.464 e. The molecular weight excluding hydrogens is 606 g/mol. The van der Waals surface area contributed by atoms with E-state index in [-0.39, 0.29) is 41.8 Å². The van der Waals surface area contributed by atoms with Gasteiger partial charge in [0, 0.05) is 37.5 Å². The van der Waals surface area contributed by atoms with E-state index >= 15 is 4.39 Å². The first-order valence-electron chi connectivity index (χ1n) is 14.9. The second kappa shape index (κ2) is 13.4. The monoisotopic (exact) mass is 640 g/mol. The number of ether oxygens (including phenoxy) is 2. The molecule has 0 aliphatic carbocycles. The molecule has 2 aromatic carbocycles. The average molecular weight is 641 g/mol. The summed E-state index contributed by atoms with van der Waals surface area (Å²) in [5.74, 6) is -2.43. The Morgan fingerprint density at radius 1 is 1.13 bits per heavy atom. The van der Waals surface area contributed by atoms with Gasteiger partial charge in [0.2, 0.25) is 5.91 Å². The molecule has 2 N–H and O–H groups in total. The Hall–Kier alpha value is -4.25. The van der Waals surface area contributed by atoms with Crippen molar-refractivity contribution in [2.75, 3.05) is 30.8 Å². The van der Waals surface area contributed by atoms with Crippen LogP contribution in [0.25, 0.3) is 11.1 Å². The zero-order valence-electron chi connectivity index (χ0n) is 25.3. The summed E-state index contributed by atoms with van der Waals surface area (Å²) in [5.41, 5.74) is 1.23. The number of carbonyl (C=O) groups excluding carboxylic acids is 3. The summed E-state index contributed by atoms with van der Waals surface area (Å²) < 4.78 is 40.5. The number of nitrogens with zero attached hydrogens (tertiary/aromatic N) is 2. The third kappa shape index (κ3) is 6.88. The van der Waals surface area contributed by atoms with E-state index in [1.54, 1.807) is 45.3 Å². The van der Waals surface area contributed by atoms with Gasteiger partial charge < -0.3 is 19.7 Å². The van der Waals surface area contributed by atoms with Gasteiger partial charge >= 0.3 is 12.1 Å². The van der Waals surface area contributed by atoms with Gasteiger partial charge in [-0.1, -0.05) is 24.4 Å². The smallest absolute Gasteiger partial charge is 0.412 e. The number of pyridine rings is 1. The Labute approximate surface area is 265 Å². The number of halogens is 3. The molecule has 12 heteroatoms. The van der Waals surface area contributed by atoms with E-state index in [2.05, 4.69) is 15.6 Å². The Morgan fingerprint density at radius 3 is 2.67 bits per heavy atom. The predicted molar refractivity (Wildman–Crippen MR) is 166 cm³/mol. The summed E-state index contributed by atoms with van der Waals surface area (Å²) in [6, 6.07) is 10.00. The van der Waals surface area contributed by atoms with Gasteiger partial charge in [-0.2, -0.15) is 0 Å². The van der Waals surface area contributed by atoms with Crippen LogP contribution < -0.4 is 10.6 Å². The van der Waals surface area contributed by atoms with E-state index in [0.717, 1.165) is 0 Å². The molecule has 238 valence electrons. The number of hydrogen-bond donors (Lipinski definition) is 2. The summed E-state index contributed by atoms with van der Waals surface area (Å²) in [5, 5.41) is 5.64. The molecule has 2 aliphatic rings. The molecule has 0 radical (unpaired) electrons. The Balaban J connectivity index is 1.43. The minimum absolute atomic E-state index is 0.104. The van der Waals surface area contributed by atoms with Gasteiger partial charge in [0.1, 0.15) is 17.5 Å². The van der Waals surface area contributed by atoms with E-state index in [0.29, 0.717) is 48.2 Å². The number of esters is 1. The highest BCUT2D eigenvalue weighted by Gasteiger charge is 2.41. The lowest BCUT2D eigenvalue weighted by atomic mass is 9.88. The normalized spacial score (nSPS) is 21.0. The number of amides is 2. The van der Waals surface area contributed by atoms with Gasteiger partial charge in [-0.15, -0.1) is 0 Å². The molecule has 0 spiro atoms. The number of benzene rings is 2. The topological polar surface area (TPSA) is 110 Å². The Kier molecular flexibility index (Phi) is 9.57. The van der Waals surface area contributed by atoms with Crippen molar-refractivity contribution in [1.82, 2.24) is 9.88 Å². The van der Waals surface area contributed by atoms with Crippen molar-refractivity contribution >= 4 is 40.9 Å². The number of carbonyl (C=O) groups is 3. The molecule has 1 aromatic heterocycles. The van der Waals surface area contributed by atoms with Crippen LogP contribution in [0, 0.1) is 11.6 Å². The molecule has 2 bridgehead atoms. The zero-order chi connectivity index (χ0) is 32.3. The maximum absolute atomic E-state index is 15.2. The second-order valence-corrected chi connectivity index (χ2v) is 11.9. The standard InChI is InChI=1S/C33H35ClF2N4O5/c1-4-44-31(42)26-8-6-5-7-21(27-17-19(13-15-37-27)22-18-20(35)9-11-24(22)38-26)30(41)40(3)16-14-33(2)28-25(39-32(43)45-33)12-10-23(34)29(28)36/h9-13,15,17-18,21,26,38H,4-8,14,16H2,1-3H3,(H,39,43)/t21?,26?,33-/m1/s1. The number of nitrogens with one attached hydrogen (secondary N) is 2. The molecule has 3 aromatic rings. The average Bonchev–Trinajstić information content (AvgIpc) is 3.01. The highest BCUT2D eigenvalue weighted by atomic mass is 35.5. The van der Waals surface area contributed by atoms with Gasteiger partial charge in [0.15, 0.2) is 5.82 Å². The largest absolute Gasteiger partial charge is 0.464 e. The number of aromatic nitrogens is 1. The fourth-order valence-electron chi connectivity index (χ4n) is 5.96. The summed E-state index contributed by atoms with van der Waals surface area (Å²) in [7, 11) is 1.63. The first kappa shape index (κ1) is 32.2. The van der Waals surface area contributed by atoms with Crippen LogP contribution in [-0.4, -0.2) is 54.1 Å². The van der Waals surface area contributed by atoms with Gasteiger partial charge in [-0.25, -0.2) is 18.4 Å². The number of likely N-dealkylation sites (N-methyl/N-ethyl adjacent to an activating group) is 1. The van der Waals surface area contributed by atoms with Crippen LogP contribution >= 0.6 is 11.6 Å². The van der Waals surface area contributed by atoms with Crippen molar-refractivity contribution in [1.29, 1.82) is 0 Å². The van der Waals surface area contributed by atoms with Crippen LogP contribution in [0.4, 0.5) is 25.0 Å². The zero-order valence-corrected chi connectivity index (χ0v) is 26.0. The predicted octanol–water partition coefficient (Wildman–Crippen LogP) is 7.01. The van der Waals surface area contributed by atoms with Gasteiger partial charge in [-0.3, -0.25) is 15.1 Å². The number of fused-ring (bicyclic) bond motifs is 5. The molecule has 2 aliphatic heterocycles. The number of cyclic esters (lactones) is 1. The van der Waals surface area contributed by atoms with Gasteiger partial charge in [0.25, 0.3) is 0 Å². The van der Waals surface area contributed by atoms with E-state index in [4.69, 9.17) is 21.1 Å². The summed E-state index contributed by atoms with van der Waals surface area (Å²) in [6.07, 6.45) is 3.06. The molecule has 2 unspecified atom stereocenters. The van der Waals surface area contributed by atoms with Crippen LogP contribution in [0.3, 0.4) is 0 Å². The first-order chi connectivity index (χ1) is 21.5. The van der Waals surface area contributed by atoms with Crippen molar-refractivity contribution in [3.63, 3.8) is 0 Å². The van der Waals surface area contributed by atoms with Crippen molar-refractivity contribution in [2.24, 2.45) is 0 Å². The third-order valence-electron chi connectivity index (χ3n) is 8.34. The van der Waals surface area contributed by atoms with Crippen LogP contribution in [0.1, 0.15) is 63.1 Å². The summed E-state index contributed by atoms with van der Waals surface area (Å²) >= 11 is 6.05. The Bertz CT molecular complexity index is 1620. The highest BCUT2D eigenvalue weighted by molar-refractivity contribution is 6.31. The summed E-state index contributed by atoms with van der Waals surface area (Å²) in [4.78, 5) is 45.2. The maximum atomic E-state index is 15.2. The van der Waals surface area contributed by atoms with Crippen molar-refractivity contribution < 1.29 is 32.6 Å². The number of hydrogen-bond acceptors (Lipinski definition) is 7. The highest BCUT2D eigenvalue weighted by Crippen LogP contribution is 2.42. The molecule has 3 heterocycles. The third-order valence-corrected chi connectivity index (χ3v) is 8.64. The lowest BCUT2D eigenvalue weighted by Gasteiger charge is -2.37.